The zero-order chi connectivity index (χ0) is 14.9. The van der Waals surface area contributed by atoms with Gasteiger partial charge in [0.05, 0.1) is 5.69 Å². The number of anilines is 1. The van der Waals surface area contributed by atoms with Crippen LogP contribution in [0.15, 0.2) is 12.1 Å². The minimum Gasteiger partial charge on any atom is -0.505 e. The van der Waals surface area contributed by atoms with Crippen molar-refractivity contribution in [2.45, 2.75) is 33.7 Å². The van der Waals surface area contributed by atoms with E-state index in [1.165, 1.54) is 0 Å². The van der Waals surface area contributed by atoms with Crippen molar-refractivity contribution in [1.29, 1.82) is 0 Å². The molecule has 1 aromatic carbocycles. The van der Waals surface area contributed by atoms with Gasteiger partial charge in [0, 0.05) is 37.8 Å². The van der Waals surface area contributed by atoms with E-state index in [1.807, 2.05) is 6.07 Å². The molecule has 4 nitrogen and oxygen atoms in total. The van der Waals surface area contributed by atoms with E-state index in [1.54, 1.807) is 6.07 Å². The average molecular weight is 350 g/mol. The highest BCUT2D eigenvalue weighted by Gasteiger charge is 2.35. The van der Waals surface area contributed by atoms with Crippen molar-refractivity contribution < 1.29 is 5.11 Å². The highest BCUT2D eigenvalue weighted by Crippen LogP contribution is 2.44. The summed E-state index contributed by atoms with van der Waals surface area (Å²) in [5.41, 5.74) is 8.51. The molecule has 2 rings (SSSR count). The number of nitrogens with two attached hydrogens (primary N) is 1. The SMILES string of the molecule is Cc1ccc(N)c(O)c1[C@@H](N1CCNCC1)C(C)(C)C.Cl.Cl. The second-order valence-corrected chi connectivity index (χ2v) is 6.79. The molecule has 0 saturated carbocycles. The van der Waals surface area contributed by atoms with E-state index in [0.717, 1.165) is 37.3 Å². The van der Waals surface area contributed by atoms with Crippen molar-refractivity contribution in [1.82, 2.24) is 10.2 Å². The Labute approximate surface area is 146 Å². The van der Waals surface area contributed by atoms with Crippen LogP contribution in [0.25, 0.3) is 0 Å². The van der Waals surface area contributed by atoms with Gasteiger partial charge in [-0.25, -0.2) is 0 Å². The Balaban J connectivity index is 0.00000220. The first-order chi connectivity index (χ1) is 9.32. The largest absolute Gasteiger partial charge is 0.505 e. The van der Waals surface area contributed by atoms with Gasteiger partial charge in [0.1, 0.15) is 5.75 Å². The first-order valence-electron chi connectivity index (χ1n) is 7.35. The predicted molar refractivity (Wildman–Crippen MR) is 98.4 cm³/mol. The first-order valence-corrected chi connectivity index (χ1v) is 7.35. The number of halogens is 2. The van der Waals surface area contributed by atoms with Gasteiger partial charge < -0.3 is 16.2 Å². The minimum atomic E-state index is 0. The maximum atomic E-state index is 10.5. The zero-order valence-corrected chi connectivity index (χ0v) is 15.5. The summed E-state index contributed by atoms with van der Waals surface area (Å²) in [5, 5.41) is 13.9. The Morgan fingerprint density at radius 3 is 2.23 bits per heavy atom. The molecular formula is C16H29Cl2N3O. The summed E-state index contributed by atoms with van der Waals surface area (Å²) in [7, 11) is 0. The Kier molecular flexibility index (Phi) is 8.00. The summed E-state index contributed by atoms with van der Waals surface area (Å²) >= 11 is 0. The molecule has 1 aliphatic heterocycles. The number of nitrogens with zero attached hydrogens (tertiary/aromatic N) is 1. The molecule has 1 fully saturated rings. The van der Waals surface area contributed by atoms with Crippen molar-refractivity contribution in [2.75, 3.05) is 31.9 Å². The Morgan fingerprint density at radius 2 is 1.73 bits per heavy atom. The normalized spacial score (nSPS) is 17.3. The number of nitrogen functional groups attached to an aromatic ring is 1. The number of benzene rings is 1. The third kappa shape index (κ3) is 4.42. The second-order valence-electron chi connectivity index (χ2n) is 6.79. The van der Waals surface area contributed by atoms with Crippen LogP contribution in [0.3, 0.4) is 0 Å². The van der Waals surface area contributed by atoms with Crippen LogP contribution in [0.4, 0.5) is 5.69 Å². The summed E-state index contributed by atoms with van der Waals surface area (Å²) in [5.74, 6) is 0.253. The van der Waals surface area contributed by atoms with Gasteiger partial charge in [-0.15, -0.1) is 24.8 Å². The second kappa shape index (κ2) is 8.25. The molecule has 1 aliphatic rings. The molecule has 4 N–H and O–H groups in total. The number of phenols is 1. The molecule has 0 radical (unpaired) electrons. The number of aryl methyl sites for hydroxylation is 1. The lowest BCUT2D eigenvalue weighted by molar-refractivity contribution is 0.0838. The summed E-state index contributed by atoms with van der Waals surface area (Å²) in [6.07, 6.45) is 0. The van der Waals surface area contributed by atoms with Gasteiger partial charge >= 0.3 is 0 Å². The van der Waals surface area contributed by atoms with E-state index in [9.17, 15) is 5.11 Å². The predicted octanol–water partition coefficient (Wildman–Crippen LogP) is 3.12. The summed E-state index contributed by atoms with van der Waals surface area (Å²) < 4.78 is 0. The lowest BCUT2D eigenvalue weighted by Gasteiger charge is -2.43. The monoisotopic (exact) mass is 349 g/mol. The Hall–Kier alpha value is -0.680. The minimum absolute atomic E-state index is 0. The van der Waals surface area contributed by atoms with Crippen LogP contribution in [0.2, 0.25) is 0 Å². The fraction of sp³-hybridized carbons (Fsp3) is 0.625. The molecule has 0 aliphatic carbocycles. The maximum absolute atomic E-state index is 10.5. The number of phenolic OH excluding ortho intramolecular Hbond substituents is 1. The molecule has 1 atom stereocenters. The number of piperazine rings is 1. The average Bonchev–Trinajstić information content (AvgIpc) is 2.39. The third-order valence-electron chi connectivity index (χ3n) is 4.08. The van der Waals surface area contributed by atoms with E-state index in [2.05, 4.69) is 37.9 Å². The fourth-order valence-electron chi connectivity index (χ4n) is 3.17. The van der Waals surface area contributed by atoms with Crippen molar-refractivity contribution in [2.24, 2.45) is 5.41 Å². The van der Waals surface area contributed by atoms with Gasteiger partial charge in [-0.1, -0.05) is 26.8 Å². The molecular weight excluding hydrogens is 321 g/mol. The molecule has 1 heterocycles. The summed E-state index contributed by atoms with van der Waals surface area (Å²) in [6.45, 7) is 12.7. The van der Waals surface area contributed by atoms with Crippen molar-refractivity contribution in [3.63, 3.8) is 0 Å². The highest BCUT2D eigenvalue weighted by molar-refractivity contribution is 5.85. The van der Waals surface area contributed by atoms with Crippen LogP contribution < -0.4 is 11.1 Å². The van der Waals surface area contributed by atoms with Gasteiger partial charge in [0.2, 0.25) is 0 Å². The van der Waals surface area contributed by atoms with Gasteiger partial charge in [-0.2, -0.15) is 0 Å². The molecule has 0 unspecified atom stereocenters. The molecule has 128 valence electrons. The van der Waals surface area contributed by atoms with E-state index >= 15 is 0 Å². The molecule has 1 aromatic rings. The number of hydrogen-bond acceptors (Lipinski definition) is 4. The van der Waals surface area contributed by atoms with Crippen molar-refractivity contribution >= 4 is 30.5 Å². The first kappa shape index (κ1) is 21.3. The Bertz CT molecular complexity index is 483. The summed E-state index contributed by atoms with van der Waals surface area (Å²) in [4.78, 5) is 2.46. The number of hydrogen-bond donors (Lipinski definition) is 3. The van der Waals surface area contributed by atoms with Crippen molar-refractivity contribution in [3.05, 3.63) is 23.3 Å². The smallest absolute Gasteiger partial charge is 0.143 e. The van der Waals surface area contributed by atoms with Gasteiger partial charge in [0.25, 0.3) is 0 Å². The number of aromatic hydroxyl groups is 1. The van der Waals surface area contributed by atoms with Gasteiger partial charge in [0.15, 0.2) is 0 Å². The molecule has 0 aromatic heterocycles. The number of rotatable bonds is 2. The molecule has 22 heavy (non-hydrogen) atoms. The van der Waals surface area contributed by atoms with Crippen LogP contribution in [-0.4, -0.2) is 36.2 Å². The van der Waals surface area contributed by atoms with E-state index in [0.29, 0.717) is 5.69 Å². The van der Waals surface area contributed by atoms with Crippen LogP contribution in [0.1, 0.15) is 37.9 Å². The van der Waals surface area contributed by atoms with E-state index < -0.39 is 0 Å². The molecule has 0 spiro atoms. The van der Waals surface area contributed by atoms with Crippen LogP contribution in [0.5, 0.6) is 5.75 Å². The van der Waals surface area contributed by atoms with Crippen LogP contribution in [0, 0.1) is 12.3 Å². The maximum Gasteiger partial charge on any atom is 0.143 e. The standard InChI is InChI=1S/C16H27N3O.2ClH/c1-11-5-6-12(17)14(20)13(11)15(16(2,3)4)19-9-7-18-8-10-19;;/h5-6,15,18,20H,7-10,17H2,1-4H3;2*1H/t15-;;/m1../s1. The van der Waals surface area contributed by atoms with E-state index in [-0.39, 0.29) is 42.0 Å². The van der Waals surface area contributed by atoms with Gasteiger partial charge in [-0.3, -0.25) is 4.90 Å². The lowest BCUT2D eigenvalue weighted by Crippen LogP contribution is -2.48. The lowest BCUT2D eigenvalue weighted by atomic mass is 9.79. The number of nitrogens with one attached hydrogen (secondary N) is 1. The quantitative estimate of drug-likeness (QED) is 0.567. The van der Waals surface area contributed by atoms with Crippen molar-refractivity contribution in [3.8, 4) is 5.75 Å². The molecule has 1 saturated heterocycles. The van der Waals surface area contributed by atoms with Crippen LogP contribution >= 0.6 is 24.8 Å². The fourth-order valence-corrected chi connectivity index (χ4v) is 3.17. The van der Waals surface area contributed by atoms with E-state index in [4.69, 9.17) is 5.73 Å². The highest BCUT2D eigenvalue weighted by atomic mass is 35.5. The zero-order valence-electron chi connectivity index (χ0n) is 13.8. The van der Waals surface area contributed by atoms with Crippen LogP contribution in [-0.2, 0) is 0 Å². The molecule has 0 bridgehead atoms. The molecule has 0 amide bonds. The van der Waals surface area contributed by atoms with Gasteiger partial charge in [-0.05, 0) is 24.0 Å². The molecule has 6 heteroatoms. The summed E-state index contributed by atoms with van der Waals surface area (Å²) in [6, 6.07) is 3.96. The topological polar surface area (TPSA) is 61.5 Å². The Morgan fingerprint density at radius 1 is 1.18 bits per heavy atom. The third-order valence-corrected chi connectivity index (χ3v) is 4.08.